The van der Waals surface area contributed by atoms with Gasteiger partial charge in [0.25, 0.3) is 0 Å². The van der Waals surface area contributed by atoms with E-state index in [1.54, 1.807) is 18.2 Å². The van der Waals surface area contributed by atoms with E-state index in [2.05, 4.69) is 5.32 Å². The second-order valence-corrected chi connectivity index (χ2v) is 5.86. The molecule has 0 amide bonds. The van der Waals surface area contributed by atoms with Crippen LogP contribution in [0.25, 0.3) is 0 Å². The summed E-state index contributed by atoms with van der Waals surface area (Å²) in [6.45, 7) is 2.63. The van der Waals surface area contributed by atoms with E-state index in [1.807, 2.05) is 19.1 Å². The normalized spacial score (nSPS) is 14.2. The fourth-order valence-electron chi connectivity index (χ4n) is 2.09. The van der Waals surface area contributed by atoms with E-state index < -0.39 is 0 Å². The van der Waals surface area contributed by atoms with Gasteiger partial charge in [-0.1, -0.05) is 23.7 Å². The largest absolute Gasteiger partial charge is 0.453 e. The van der Waals surface area contributed by atoms with Crippen LogP contribution in [0.5, 0.6) is 11.5 Å². The van der Waals surface area contributed by atoms with Gasteiger partial charge in [-0.15, -0.1) is 0 Å². The van der Waals surface area contributed by atoms with Crippen molar-refractivity contribution in [1.29, 1.82) is 0 Å². The Labute approximate surface area is 128 Å². The van der Waals surface area contributed by atoms with Gasteiger partial charge in [-0.25, -0.2) is 4.39 Å². The van der Waals surface area contributed by atoms with Crippen molar-refractivity contribution in [2.24, 2.45) is 0 Å². The van der Waals surface area contributed by atoms with Crippen LogP contribution >= 0.6 is 11.6 Å². The first-order chi connectivity index (χ1) is 10.1. The summed E-state index contributed by atoms with van der Waals surface area (Å²) in [5.74, 6) is 0.280. The number of hydrogen-bond acceptors (Lipinski definition) is 2. The number of rotatable bonds is 5. The van der Waals surface area contributed by atoms with Crippen molar-refractivity contribution in [3.63, 3.8) is 0 Å². The monoisotopic (exact) mass is 305 g/mol. The molecule has 0 spiro atoms. The number of ether oxygens (including phenoxy) is 1. The molecule has 0 bridgehead atoms. The van der Waals surface area contributed by atoms with Gasteiger partial charge in [0.2, 0.25) is 0 Å². The molecule has 1 N–H and O–H groups in total. The van der Waals surface area contributed by atoms with Crippen LogP contribution in [0.15, 0.2) is 36.4 Å². The average molecular weight is 306 g/mol. The molecule has 0 saturated heterocycles. The van der Waals surface area contributed by atoms with Crippen LogP contribution < -0.4 is 10.1 Å². The minimum atomic E-state index is -0.373. The zero-order chi connectivity index (χ0) is 14.8. The molecule has 2 aromatic carbocycles. The van der Waals surface area contributed by atoms with Gasteiger partial charge in [0.05, 0.1) is 5.02 Å². The van der Waals surface area contributed by atoms with Gasteiger partial charge >= 0.3 is 0 Å². The molecule has 3 rings (SSSR count). The molecular formula is C17H17ClFNO. The fraction of sp³-hybridized carbons (Fsp3) is 0.294. The van der Waals surface area contributed by atoms with Crippen LogP contribution in [0, 0.1) is 12.7 Å². The van der Waals surface area contributed by atoms with Crippen molar-refractivity contribution in [1.82, 2.24) is 5.32 Å². The predicted molar refractivity (Wildman–Crippen MR) is 82.5 cm³/mol. The maximum atomic E-state index is 14.1. The SMILES string of the molecule is Cc1ccc(Oc2ccc(CNC3CC3)cc2F)c(Cl)c1. The first-order valence-electron chi connectivity index (χ1n) is 7.07. The lowest BCUT2D eigenvalue weighted by molar-refractivity contribution is 0.441. The smallest absolute Gasteiger partial charge is 0.166 e. The molecular weight excluding hydrogens is 289 g/mol. The molecule has 0 radical (unpaired) electrons. The average Bonchev–Trinajstić information content (AvgIpc) is 3.26. The first kappa shape index (κ1) is 14.4. The molecule has 2 nitrogen and oxygen atoms in total. The second kappa shape index (κ2) is 6.04. The topological polar surface area (TPSA) is 21.3 Å². The van der Waals surface area contributed by atoms with Gasteiger partial charge in [0.15, 0.2) is 11.6 Å². The molecule has 0 aromatic heterocycles. The predicted octanol–water partition coefficient (Wildman–Crippen LogP) is 4.83. The van der Waals surface area contributed by atoms with Crippen LogP contribution in [0.2, 0.25) is 5.02 Å². The summed E-state index contributed by atoms with van der Waals surface area (Å²) in [7, 11) is 0. The summed E-state index contributed by atoms with van der Waals surface area (Å²) in [5.41, 5.74) is 1.95. The van der Waals surface area contributed by atoms with Gasteiger partial charge in [-0.3, -0.25) is 0 Å². The Kier molecular flexibility index (Phi) is 4.13. The van der Waals surface area contributed by atoms with E-state index >= 15 is 0 Å². The lowest BCUT2D eigenvalue weighted by atomic mass is 10.2. The number of nitrogens with one attached hydrogen (secondary N) is 1. The third-order valence-corrected chi connectivity index (χ3v) is 3.77. The van der Waals surface area contributed by atoms with E-state index in [0.717, 1.165) is 11.1 Å². The molecule has 1 aliphatic carbocycles. The minimum Gasteiger partial charge on any atom is -0.453 e. The molecule has 110 valence electrons. The maximum Gasteiger partial charge on any atom is 0.166 e. The first-order valence-corrected chi connectivity index (χ1v) is 7.45. The number of halogens is 2. The molecule has 0 aliphatic heterocycles. The molecule has 0 unspecified atom stereocenters. The van der Waals surface area contributed by atoms with Crippen molar-refractivity contribution in [2.75, 3.05) is 0 Å². The molecule has 4 heteroatoms. The third kappa shape index (κ3) is 3.74. The molecule has 1 saturated carbocycles. The highest BCUT2D eigenvalue weighted by Crippen LogP contribution is 2.31. The van der Waals surface area contributed by atoms with E-state index in [4.69, 9.17) is 16.3 Å². The zero-order valence-corrected chi connectivity index (χ0v) is 12.6. The second-order valence-electron chi connectivity index (χ2n) is 5.46. The molecule has 1 aliphatic rings. The summed E-state index contributed by atoms with van der Waals surface area (Å²) in [5, 5.41) is 3.84. The molecule has 2 aromatic rings. The van der Waals surface area contributed by atoms with E-state index in [1.165, 1.54) is 18.9 Å². The fourth-order valence-corrected chi connectivity index (χ4v) is 2.37. The van der Waals surface area contributed by atoms with Crippen molar-refractivity contribution >= 4 is 11.6 Å². The number of benzene rings is 2. The molecule has 21 heavy (non-hydrogen) atoms. The van der Waals surface area contributed by atoms with E-state index in [9.17, 15) is 4.39 Å². The summed E-state index contributed by atoms with van der Waals surface area (Å²) in [6, 6.07) is 11.1. The van der Waals surface area contributed by atoms with Crippen molar-refractivity contribution in [2.45, 2.75) is 32.4 Å². The van der Waals surface area contributed by atoms with Gasteiger partial charge in [-0.05, 0) is 55.2 Å². The highest BCUT2D eigenvalue weighted by atomic mass is 35.5. The summed E-state index contributed by atoms with van der Waals surface area (Å²) in [6.07, 6.45) is 2.44. The highest BCUT2D eigenvalue weighted by Gasteiger charge is 2.20. The molecule has 1 fully saturated rings. The molecule has 0 heterocycles. The van der Waals surface area contributed by atoms with Crippen molar-refractivity contribution in [3.8, 4) is 11.5 Å². The summed E-state index contributed by atoms with van der Waals surface area (Å²) in [4.78, 5) is 0. The van der Waals surface area contributed by atoms with Gasteiger partial charge < -0.3 is 10.1 Å². The Morgan fingerprint density at radius 2 is 1.95 bits per heavy atom. The summed E-state index contributed by atoms with van der Waals surface area (Å²) < 4.78 is 19.7. The highest BCUT2D eigenvalue weighted by molar-refractivity contribution is 6.32. The lowest BCUT2D eigenvalue weighted by Gasteiger charge is -2.10. The standard InChI is InChI=1S/C17H17ClFNO/c1-11-2-6-16(14(18)8-11)21-17-7-3-12(9-15(17)19)10-20-13-4-5-13/h2-3,6-9,13,20H,4-5,10H2,1H3. The van der Waals surface area contributed by atoms with Gasteiger partial charge in [0.1, 0.15) is 5.75 Å². The van der Waals surface area contributed by atoms with Crippen LogP contribution in [0.4, 0.5) is 4.39 Å². The molecule has 0 atom stereocenters. The number of hydrogen-bond donors (Lipinski definition) is 1. The van der Waals surface area contributed by atoms with E-state index in [-0.39, 0.29) is 11.6 Å². The quantitative estimate of drug-likeness (QED) is 0.854. The number of aryl methyl sites for hydroxylation is 1. The Bertz CT molecular complexity index is 655. The Balaban J connectivity index is 1.72. The van der Waals surface area contributed by atoms with Crippen LogP contribution in [-0.4, -0.2) is 6.04 Å². The third-order valence-electron chi connectivity index (χ3n) is 3.48. The van der Waals surface area contributed by atoms with Crippen LogP contribution in [0.1, 0.15) is 24.0 Å². The Hall–Kier alpha value is -1.58. The van der Waals surface area contributed by atoms with Crippen molar-refractivity contribution < 1.29 is 9.13 Å². The Morgan fingerprint density at radius 3 is 2.62 bits per heavy atom. The van der Waals surface area contributed by atoms with Crippen LogP contribution in [0.3, 0.4) is 0 Å². The minimum absolute atomic E-state index is 0.191. The lowest BCUT2D eigenvalue weighted by Crippen LogP contribution is -2.15. The van der Waals surface area contributed by atoms with Gasteiger partial charge in [-0.2, -0.15) is 0 Å². The van der Waals surface area contributed by atoms with Crippen LogP contribution in [-0.2, 0) is 6.54 Å². The van der Waals surface area contributed by atoms with Gasteiger partial charge in [0, 0.05) is 12.6 Å². The van der Waals surface area contributed by atoms with Crippen molar-refractivity contribution in [3.05, 3.63) is 58.4 Å². The summed E-state index contributed by atoms with van der Waals surface area (Å²) >= 11 is 6.10. The zero-order valence-electron chi connectivity index (χ0n) is 11.8. The Morgan fingerprint density at radius 1 is 1.19 bits per heavy atom. The maximum absolute atomic E-state index is 14.1. The van der Waals surface area contributed by atoms with E-state index in [0.29, 0.717) is 23.4 Å².